The summed E-state index contributed by atoms with van der Waals surface area (Å²) in [4.78, 5) is 0. The molecule has 1 aromatic heterocycles. The highest BCUT2D eigenvalue weighted by molar-refractivity contribution is 7.17. The molecule has 0 aliphatic heterocycles. The zero-order valence-electron chi connectivity index (χ0n) is 8.19. The number of rotatable bonds is 3. The monoisotopic (exact) mass is 208 g/mol. The highest BCUT2D eigenvalue weighted by Crippen LogP contribution is 2.31. The van der Waals surface area contributed by atoms with Gasteiger partial charge in [-0.3, -0.25) is 0 Å². The first-order valence-electron chi connectivity index (χ1n) is 4.38. The van der Waals surface area contributed by atoms with Crippen LogP contribution in [0, 0.1) is 0 Å². The average Bonchev–Trinajstić information content (AvgIpc) is 2.65. The van der Waals surface area contributed by atoms with Crippen LogP contribution in [0.5, 0.6) is 0 Å². The van der Waals surface area contributed by atoms with Crippen LogP contribution in [0.2, 0.25) is 0 Å². The van der Waals surface area contributed by atoms with Gasteiger partial charge in [-0.2, -0.15) is 0 Å². The van der Waals surface area contributed by atoms with Gasteiger partial charge in [0.15, 0.2) is 6.29 Å². The highest BCUT2D eigenvalue weighted by atomic mass is 32.1. The van der Waals surface area contributed by atoms with Crippen LogP contribution in [0.4, 0.5) is 0 Å². The topological polar surface area (TPSA) is 18.5 Å². The largest absolute Gasteiger partial charge is 0.352 e. The van der Waals surface area contributed by atoms with E-state index >= 15 is 0 Å². The number of benzene rings is 1. The molecule has 0 amide bonds. The molecule has 2 rings (SSSR count). The van der Waals surface area contributed by atoms with E-state index in [0.717, 1.165) is 5.56 Å². The van der Waals surface area contributed by atoms with Gasteiger partial charge >= 0.3 is 0 Å². The minimum Gasteiger partial charge on any atom is -0.352 e. The molecule has 0 saturated heterocycles. The van der Waals surface area contributed by atoms with Gasteiger partial charge < -0.3 is 9.47 Å². The van der Waals surface area contributed by atoms with Crippen LogP contribution in [0.25, 0.3) is 10.1 Å². The van der Waals surface area contributed by atoms with Gasteiger partial charge in [0.1, 0.15) is 0 Å². The van der Waals surface area contributed by atoms with Crippen LogP contribution >= 0.6 is 11.3 Å². The normalized spacial score (nSPS) is 11.4. The number of hydrogen-bond acceptors (Lipinski definition) is 3. The Morgan fingerprint density at radius 1 is 1.14 bits per heavy atom. The summed E-state index contributed by atoms with van der Waals surface area (Å²) in [5, 5.41) is 3.30. The quantitative estimate of drug-likeness (QED) is 0.721. The van der Waals surface area contributed by atoms with Gasteiger partial charge in [0.2, 0.25) is 0 Å². The van der Waals surface area contributed by atoms with Crippen molar-refractivity contribution in [3.05, 3.63) is 35.2 Å². The Hall–Kier alpha value is -0.900. The Morgan fingerprint density at radius 3 is 2.57 bits per heavy atom. The van der Waals surface area contributed by atoms with E-state index in [9.17, 15) is 0 Å². The molecule has 74 valence electrons. The molecule has 0 bridgehead atoms. The van der Waals surface area contributed by atoms with Gasteiger partial charge in [0.25, 0.3) is 0 Å². The van der Waals surface area contributed by atoms with Crippen molar-refractivity contribution < 1.29 is 9.47 Å². The minimum absolute atomic E-state index is 0.258. The Kier molecular flexibility index (Phi) is 2.82. The molecule has 0 spiro atoms. The smallest absolute Gasteiger partial charge is 0.184 e. The summed E-state index contributed by atoms with van der Waals surface area (Å²) in [6.45, 7) is 0. The van der Waals surface area contributed by atoms with Crippen LogP contribution in [0.1, 0.15) is 11.9 Å². The Bertz CT molecular complexity index is 418. The lowest BCUT2D eigenvalue weighted by Gasteiger charge is -2.12. The van der Waals surface area contributed by atoms with Gasteiger partial charge in [0.05, 0.1) is 0 Å². The van der Waals surface area contributed by atoms with E-state index in [0.29, 0.717) is 0 Å². The van der Waals surface area contributed by atoms with Gasteiger partial charge in [0, 0.05) is 35.2 Å². The van der Waals surface area contributed by atoms with E-state index in [1.807, 2.05) is 12.1 Å². The van der Waals surface area contributed by atoms with Crippen molar-refractivity contribution in [3.63, 3.8) is 0 Å². The SMILES string of the molecule is COC(OC)c1csc2ccccc12. The fourth-order valence-corrected chi connectivity index (χ4v) is 2.49. The van der Waals surface area contributed by atoms with Crippen molar-refractivity contribution in [2.45, 2.75) is 6.29 Å². The van der Waals surface area contributed by atoms with Crippen LogP contribution in [-0.4, -0.2) is 14.2 Å². The molecular weight excluding hydrogens is 196 g/mol. The fourth-order valence-electron chi connectivity index (χ4n) is 1.53. The summed E-state index contributed by atoms with van der Waals surface area (Å²) in [5.74, 6) is 0. The van der Waals surface area contributed by atoms with E-state index in [1.165, 1.54) is 10.1 Å². The Labute approximate surface area is 87.1 Å². The predicted octanol–water partition coefficient (Wildman–Crippen LogP) is 3.19. The summed E-state index contributed by atoms with van der Waals surface area (Å²) in [6.07, 6.45) is -0.258. The Morgan fingerprint density at radius 2 is 1.86 bits per heavy atom. The second kappa shape index (κ2) is 4.09. The maximum Gasteiger partial charge on any atom is 0.184 e. The summed E-state index contributed by atoms with van der Waals surface area (Å²) in [6, 6.07) is 8.26. The lowest BCUT2D eigenvalue weighted by Crippen LogP contribution is -2.02. The molecule has 0 unspecified atom stereocenters. The number of ether oxygens (including phenoxy) is 2. The molecule has 0 N–H and O–H groups in total. The third kappa shape index (κ3) is 1.54. The van der Waals surface area contributed by atoms with E-state index < -0.39 is 0 Å². The first-order valence-corrected chi connectivity index (χ1v) is 5.26. The molecule has 0 radical (unpaired) electrons. The third-order valence-electron chi connectivity index (χ3n) is 2.19. The molecule has 0 aliphatic carbocycles. The third-order valence-corrected chi connectivity index (χ3v) is 3.17. The zero-order chi connectivity index (χ0) is 9.97. The molecule has 3 heteroatoms. The van der Waals surface area contributed by atoms with Crippen molar-refractivity contribution in [1.82, 2.24) is 0 Å². The summed E-state index contributed by atoms with van der Waals surface area (Å²) in [7, 11) is 3.31. The number of thiophene rings is 1. The van der Waals surface area contributed by atoms with Gasteiger partial charge in [-0.25, -0.2) is 0 Å². The van der Waals surface area contributed by atoms with Crippen molar-refractivity contribution in [1.29, 1.82) is 0 Å². The fraction of sp³-hybridized carbons (Fsp3) is 0.273. The maximum atomic E-state index is 5.24. The molecule has 0 fully saturated rings. The first-order chi connectivity index (χ1) is 6.86. The van der Waals surface area contributed by atoms with E-state index in [4.69, 9.17) is 9.47 Å². The lowest BCUT2D eigenvalue weighted by atomic mass is 10.2. The molecule has 1 heterocycles. The maximum absolute atomic E-state index is 5.24. The highest BCUT2D eigenvalue weighted by Gasteiger charge is 2.13. The van der Waals surface area contributed by atoms with Crippen molar-refractivity contribution in [2.75, 3.05) is 14.2 Å². The lowest BCUT2D eigenvalue weighted by molar-refractivity contribution is -0.104. The molecular formula is C11H12O2S. The van der Waals surface area contributed by atoms with Crippen LogP contribution < -0.4 is 0 Å². The standard InChI is InChI=1S/C11H12O2S/c1-12-11(13-2)9-7-14-10-6-4-3-5-8(9)10/h3-7,11H,1-2H3. The van der Waals surface area contributed by atoms with Gasteiger partial charge in [-0.15, -0.1) is 11.3 Å². The van der Waals surface area contributed by atoms with Crippen LogP contribution in [0.15, 0.2) is 29.6 Å². The second-order valence-corrected chi connectivity index (χ2v) is 3.90. The molecule has 2 aromatic rings. The predicted molar refractivity (Wildman–Crippen MR) is 58.6 cm³/mol. The van der Waals surface area contributed by atoms with Crippen LogP contribution in [0.3, 0.4) is 0 Å². The average molecular weight is 208 g/mol. The summed E-state index contributed by atoms with van der Waals surface area (Å²) in [5.41, 5.74) is 1.11. The van der Waals surface area contributed by atoms with Crippen LogP contribution in [-0.2, 0) is 9.47 Å². The summed E-state index contributed by atoms with van der Waals surface area (Å²) < 4.78 is 11.7. The van der Waals surface area contributed by atoms with Crippen molar-refractivity contribution in [3.8, 4) is 0 Å². The summed E-state index contributed by atoms with van der Waals surface area (Å²) >= 11 is 1.71. The van der Waals surface area contributed by atoms with Crippen molar-refractivity contribution in [2.24, 2.45) is 0 Å². The van der Waals surface area contributed by atoms with E-state index in [2.05, 4.69) is 17.5 Å². The molecule has 2 nitrogen and oxygen atoms in total. The number of hydrogen-bond donors (Lipinski definition) is 0. The molecule has 1 aromatic carbocycles. The zero-order valence-corrected chi connectivity index (χ0v) is 9.01. The first kappa shape index (κ1) is 9.65. The molecule has 0 atom stereocenters. The Balaban J connectivity index is 2.51. The number of methoxy groups -OCH3 is 2. The minimum atomic E-state index is -0.258. The van der Waals surface area contributed by atoms with Gasteiger partial charge in [-0.1, -0.05) is 18.2 Å². The van der Waals surface area contributed by atoms with E-state index in [-0.39, 0.29) is 6.29 Å². The van der Waals surface area contributed by atoms with Crippen molar-refractivity contribution >= 4 is 21.4 Å². The number of fused-ring (bicyclic) bond motifs is 1. The second-order valence-electron chi connectivity index (χ2n) is 2.99. The van der Waals surface area contributed by atoms with E-state index in [1.54, 1.807) is 25.6 Å². The molecule has 0 saturated carbocycles. The molecule has 14 heavy (non-hydrogen) atoms. The van der Waals surface area contributed by atoms with Gasteiger partial charge in [-0.05, 0) is 6.07 Å². The molecule has 0 aliphatic rings.